The van der Waals surface area contributed by atoms with Crippen molar-refractivity contribution < 1.29 is 4.74 Å². The van der Waals surface area contributed by atoms with Crippen LogP contribution in [0.3, 0.4) is 0 Å². The summed E-state index contributed by atoms with van der Waals surface area (Å²) in [7, 11) is 3.50. The molecule has 0 unspecified atom stereocenters. The fraction of sp³-hybridized carbons (Fsp3) is 0.533. The quantitative estimate of drug-likeness (QED) is 0.446. The Hall–Kier alpha value is -0.980. The second-order valence-corrected chi connectivity index (χ2v) is 4.92. The lowest BCUT2D eigenvalue weighted by Gasteiger charge is -2.11. The van der Waals surface area contributed by atoms with Gasteiger partial charge in [-0.25, -0.2) is 0 Å². The van der Waals surface area contributed by atoms with Gasteiger partial charge in [0.2, 0.25) is 0 Å². The molecule has 0 saturated heterocycles. The van der Waals surface area contributed by atoms with E-state index in [0.717, 1.165) is 37.1 Å². The van der Waals surface area contributed by atoms with E-state index in [2.05, 4.69) is 27.8 Å². The van der Waals surface area contributed by atoms with Gasteiger partial charge in [0.15, 0.2) is 5.96 Å². The lowest BCUT2D eigenvalue weighted by molar-refractivity contribution is 0.414. The Morgan fingerprint density at radius 3 is 2.50 bits per heavy atom. The predicted molar refractivity (Wildman–Crippen MR) is 94.2 cm³/mol. The zero-order valence-electron chi connectivity index (χ0n) is 12.2. The first-order chi connectivity index (χ1) is 9.31. The summed E-state index contributed by atoms with van der Waals surface area (Å²) in [4.78, 5) is 4.22. The number of benzene rings is 1. The fourth-order valence-corrected chi connectivity index (χ4v) is 1.90. The van der Waals surface area contributed by atoms with E-state index in [-0.39, 0.29) is 24.0 Å². The summed E-state index contributed by atoms with van der Waals surface area (Å²) in [5.41, 5.74) is 1.30. The van der Waals surface area contributed by atoms with Gasteiger partial charge in [0.25, 0.3) is 0 Å². The van der Waals surface area contributed by atoms with E-state index in [9.17, 15) is 0 Å². The summed E-state index contributed by atoms with van der Waals surface area (Å²) >= 11 is 0. The Morgan fingerprint density at radius 1 is 1.25 bits per heavy atom. The van der Waals surface area contributed by atoms with Crippen LogP contribution < -0.4 is 15.4 Å². The van der Waals surface area contributed by atoms with E-state index < -0.39 is 0 Å². The molecule has 1 aromatic carbocycles. The first kappa shape index (κ1) is 17.1. The Balaban J connectivity index is 0.00000200. The first-order valence-corrected chi connectivity index (χ1v) is 6.89. The number of hydrogen-bond donors (Lipinski definition) is 2. The van der Waals surface area contributed by atoms with Gasteiger partial charge in [-0.15, -0.1) is 24.0 Å². The summed E-state index contributed by atoms with van der Waals surface area (Å²) < 4.78 is 5.14. The van der Waals surface area contributed by atoms with E-state index in [1.54, 1.807) is 7.11 Å². The van der Waals surface area contributed by atoms with Crippen LogP contribution in [0.4, 0.5) is 0 Å². The van der Waals surface area contributed by atoms with Crippen molar-refractivity contribution in [2.75, 3.05) is 27.2 Å². The average Bonchev–Trinajstić information content (AvgIpc) is 3.27. The Labute approximate surface area is 138 Å². The van der Waals surface area contributed by atoms with Crippen LogP contribution in [0.2, 0.25) is 0 Å². The lowest BCUT2D eigenvalue weighted by atomic mass is 10.1. The number of guanidine groups is 1. The summed E-state index contributed by atoms with van der Waals surface area (Å²) in [6.07, 6.45) is 3.69. The maximum absolute atomic E-state index is 5.14. The molecule has 2 N–H and O–H groups in total. The van der Waals surface area contributed by atoms with Crippen LogP contribution in [0.1, 0.15) is 18.4 Å². The highest BCUT2D eigenvalue weighted by Crippen LogP contribution is 2.27. The van der Waals surface area contributed by atoms with Crippen LogP contribution >= 0.6 is 24.0 Å². The summed E-state index contributed by atoms with van der Waals surface area (Å²) in [6.45, 7) is 1.93. The number of methoxy groups -OCH3 is 1. The van der Waals surface area contributed by atoms with Gasteiger partial charge in [-0.1, -0.05) is 12.1 Å². The van der Waals surface area contributed by atoms with Gasteiger partial charge in [-0.2, -0.15) is 0 Å². The fourth-order valence-electron chi connectivity index (χ4n) is 1.90. The smallest absolute Gasteiger partial charge is 0.190 e. The molecule has 0 amide bonds. The van der Waals surface area contributed by atoms with E-state index >= 15 is 0 Å². The zero-order chi connectivity index (χ0) is 13.5. The average molecular weight is 389 g/mol. The SMILES string of the molecule is CN=C(NCCc1ccc(OC)cc1)NCC1CC1.I. The molecule has 1 fully saturated rings. The Bertz CT molecular complexity index is 416. The number of nitrogens with one attached hydrogen (secondary N) is 2. The summed E-state index contributed by atoms with van der Waals surface area (Å²) in [5, 5.41) is 6.69. The third kappa shape index (κ3) is 5.98. The molecule has 4 nitrogen and oxygen atoms in total. The van der Waals surface area contributed by atoms with Crippen LogP contribution in [0.25, 0.3) is 0 Å². The largest absolute Gasteiger partial charge is 0.497 e. The van der Waals surface area contributed by atoms with E-state index in [1.807, 2.05) is 19.2 Å². The molecule has 2 rings (SSSR count). The van der Waals surface area contributed by atoms with Gasteiger partial charge in [-0.3, -0.25) is 4.99 Å². The third-order valence-corrected chi connectivity index (χ3v) is 3.34. The van der Waals surface area contributed by atoms with E-state index in [4.69, 9.17) is 4.74 Å². The minimum absolute atomic E-state index is 0. The van der Waals surface area contributed by atoms with E-state index in [0.29, 0.717) is 0 Å². The number of ether oxygens (including phenoxy) is 1. The van der Waals surface area contributed by atoms with Crippen molar-refractivity contribution in [3.05, 3.63) is 29.8 Å². The second-order valence-electron chi connectivity index (χ2n) is 4.92. The van der Waals surface area contributed by atoms with Crippen molar-refractivity contribution in [3.63, 3.8) is 0 Å². The van der Waals surface area contributed by atoms with Gasteiger partial charge < -0.3 is 15.4 Å². The van der Waals surface area contributed by atoms with Crippen LogP contribution in [-0.2, 0) is 6.42 Å². The summed E-state index contributed by atoms with van der Waals surface area (Å²) in [5.74, 6) is 2.67. The molecule has 0 aliphatic heterocycles. The number of aliphatic imine (C=N–C) groups is 1. The minimum Gasteiger partial charge on any atom is -0.497 e. The number of nitrogens with zero attached hydrogens (tertiary/aromatic N) is 1. The molecule has 0 radical (unpaired) electrons. The highest BCUT2D eigenvalue weighted by Gasteiger charge is 2.20. The van der Waals surface area contributed by atoms with Crippen molar-refractivity contribution in [3.8, 4) is 5.75 Å². The molecule has 0 spiro atoms. The standard InChI is InChI=1S/C15H23N3O.HI/c1-16-15(18-11-13-3-4-13)17-10-9-12-5-7-14(19-2)8-6-12;/h5-8,13H,3-4,9-11H2,1-2H3,(H2,16,17,18);1H. The van der Waals surface area contributed by atoms with Crippen molar-refractivity contribution >= 4 is 29.9 Å². The van der Waals surface area contributed by atoms with Crippen molar-refractivity contribution in [2.24, 2.45) is 10.9 Å². The minimum atomic E-state index is 0. The second kappa shape index (κ2) is 9.05. The highest BCUT2D eigenvalue weighted by atomic mass is 127. The van der Waals surface area contributed by atoms with Crippen LogP contribution in [0, 0.1) is 5.92 Å². The van der Waals surface area contributed by atoms with Crippen LogP contribution in [0.5, 0.6) is 5.75 Å². The molecule has 20 heavy (non-hydrogen) atoms. The molecule has 112 valence electrons. The number of hydrogen-bond acceptors (Lipinski definition) is 2. The van der Waals surface area contributed by atoms with Crippen molar-refractivity contribution in [1.29, 1.82) is 0 Å². The molecule has 1 saturated carbocycles. The van der Waals surface area contributed by atoms with Crippen molar-refractivity contribution in [2.45, 2.75) is 19.3 Å². The molecule has 5 heteroatoms. The first-order valence-electron chi connectivity index (χ1n) is 6.89. The zero-order valence-corrected chi connectivity index (χ0v) is 14.5. The molecule has 0 bridgehead atoms. The Morgan fingerprint density at radius 2 is 1.95 bits per heavy atom. The number of rotatable bonds is 6. The topological polar surface area (TPSA) is 45.7 Å². The van der Waals surface area contributed by atoms with Gasteiger partial charge in [-0.05, 0) is 42.9 Å². The summed E-state index contributed by atoms with van der Waals surface area (Å²) in [6, 6.07) is 8.19. The maximum Gasteiger partial charge on any atom is 0.190 e. The van der Waals surface area contributed by atoms with Gasteiger partial charge in [0.05, 0.1) is 7.11 Å². The monoisotopic (exact) mass is 389 g/mol. The highest BCUT2D eigenvalue weighted by molar-refractivity contribution is 14.0. The molecule has 0 atom stereocenters. The van der Waals surface area contributed by atoms with Gasteiger partial charge in [0, 0.05) is 20.1 Å². The van der Waals surface area contributed by atoms with Gasteiger partial charge in [0.1, 0.15) is 5.75 Å². The lowest BCUT2D eigenvalue weighted by Crippen LogP contribution is -2.39. The molecule has 1 aliphatic rings. The molecule has 1 aromatic rings. The predicted octanol–water partition coefficient (Wildman–Crippen LogP) is 2.43. The number of halogens is 1. The molecule has 1 aliphatic carbocycles. The third-order valence-electron chi connectivity index (χ3n) is 3.34. The van der Waals surface area contributed by atoms with Crippen LogP contribution in [-0.4, -0.2) is 33.2 Å². The van der Waals surface area contributed by atoms with Crippen molar-refractivity contribution in [1.82, 2.24) is 10.6 Å². The van der Waals surface area contributed by atoms with Gasteiger partial charge >= 0.3 is 0 Å². The molecular weight excluding hydrogens is 365 g/mol. The molecule has 0 aromatic heterocycles. The maximum atomic E-state index is 5.14. The van der Waals surface area contributed by atoms with Crippen LogP contribution in [0.15, 0.2) is 29.3 Å². The normalized spacial score (nSPS) is 14.4. The molecule has 0 heterocycles. The molecular formula is C15H24IN3O. The Kier molecular flexibility index (Phi) is 7.72. The van der Waals surface area contributed by atoms with E-state index in [1.165, 1.54) is 18.4 Å².